The molecule has 0 unspecified atom stereocenters. The minimum atomic E-state index is -3.63. The van der Waals surface area contributed by atoms with E-state index in [1.165, 1.54) is 12.1 Å². The van der Waals surface area contributed by atoms with E-state index >= 15 is 0 Å². The summed E-state index contributed by atoms with van der Waals surface area (Å²) >= 11 is 0. The van der Waals surface area contributed by atoms with Gasteiger partial charge in [0.25, 0.3) is 10.0 Å². The number of anilines is 1. The Hall–Kier alpha value is -2.21. The van der Waals surface area contributed by atoms with Crippen LogP contribution in [0.25, 0.3) is 0 Å². The molecule has 0 radical (unpaired) electrons. The first-order chi connectivity index (χ1) is 11.0. The molecule has 5 nitrogen and oxygen atoms in total. The van der Waals surface area contributed by atoms with Crippen molar-refractivity contribution in [3.05, 3.63) is 48.0 Å². The van der Waals surface area contributed by atoms with E-state index in [4.69, 9.17) is 9.47 Å². The van der Waals surface area contributed by atoms with Crippen LogP contribution in [-0.2, 0) is 10.0 Å². The van der Waals surface area contributed by atoms with Gasteiger partial charge in [-0.3, -0.25) is 4.72 Å². The Balaban J connectivity index is 2.19. The number of aryl methyl sites for hydroxylation is 1. The summed E-state index contributed by atoms with van der Waals surface area (Å²) in [6, 6.07) is 11.5. The Kier molecular flexibility index (Phi) is 5.50. The van der Waals surface area contributed by atoms with E-state index in [2.05, 4.69) is 4.72 Å². The number of sulfonamides is 1. The van der Waals surface area contributed by atoms with Gasteiger partial charge in [0.2, 0.25) is 0 Å². The Bertz CT molecular complexity index is 755. The molecule has 0 saturated heterocycles. The highest BCUT2D eigenvalue weighted by molar-refractivity contribution is 7.92. The molecule has 0 spiro atoms. The SMILES string of the molecule is CCOc1ccc(S(=O)(=O)Nc2ccc(OCC)c(C)c2)cc1. The van der Waals surface area contributed by atoms with Crippen LogP contribution in [0.1, 0.15) is 19.4 Å². The molecule has 0 aliphatic carbocycles. The first kappa shape index (κ1) is 17.1. The smallest absolute Gasteiger partial charge is 0.261 e. The lowest BCUT2D eigenvalue weighted by Gasteiger charge is -2.12. The van der Waals surface area contributed by atoms with Gasteiger partial charge in [-0.15, -0.1) is 0 Å². The van der Waals surface area contributed by atoms with Crippen LogP contribution in [-0.4, -0.2) is 21.6 Å². The van der Waals surface area contributed by atoms with E-state index in [1.807, 2.05) is 20.8 Å². The largest absolute Gasteiger partial charge is 0.494 e. The maximum absolute atomic E-state index is 12.4. The summed E-state index contributed by atoms with van der Waals surface area (Å²) in [6.07, 6.45) is 0. The monoisotopic (exact) mass is 335 g/mol. The van der Waals surface area contributed by atoms with Crippen LogP contribution in [0.4, 0.5) is 5.69 Å². The van der Waals surface area contributed by atoms with Gasteiger partial charge in [-0.25, -0.2) is 8.42 Å². The quantitative estimate of drug-likeness (QED) is 0.840. The van der Waals surface area contributed by atoms with E-state index < -0.39 is 10.0 Å². The van der Waals surface area contributed by atoms with Crippen LogP contribution >= 0.6 is 0 Å². The summed E-state index contributed by atoms with van der Waals surface area (Å²) in [7, 11) is -3.63. The highest BCUT2D eigenvalue weighted by atomic mass is 32.2. The lowest BCUT2D eigenvalue weighted by Crippen LogP contribution is -2.13. The van der Waals surface area contributed by atoms with Crippen molar-refractivity contribution in [3.8, 4) is 11.5 Å². The van der Waals surface area contributed by atoms with E-state index in [9.17, 15) is 8.42 Å². The fraction of sp³-hybridized carbons (Fsp3) is 0.294. The van der Waals surface area contributed by atoms with Gasteiger partial charge in [0.05, 0.1) is 18.1 Å². The van der Waals surface area contributed by atoms with Crippen LogP contribution < -0.4 is 14.2 Å². The summed E-state index contributed by atoms with van der Waals surface area (Å²) < 4.78 is 38.2. The molecular weight excluding hydrogens is 314 g/mol. The standard InChI is InChI=1S/C17H21NO4S/c1-4-21-15-7-9-16(10-8-15)23(19,20)18-14-6-11-17(22-5-2)13(3)12-14/h6-12,18H,4-5H2,1-3H3. The molecule has 1 N–H and O–H groups in total. The average molecular weight is 335 g/mol. The summed E-state index contributed by atoms with van der Waals surface area (Å²) in [4.78, 5) is 0.187. The van der Waals surface area contributed by atoms with Gasteiger partial charge in [-0.1, -0.05) is 0 Å². The molecule has 0 aliphatic heterocycles. The second kappa shape index (κ2) is 7.37. The Morgan fingerprint density at radius 1 is 0.957 bits per heavy atom. The van der Waals surface area contributed by atoms with Gasteiger partial charge in [0, 0.05) is 5.69 Å². The molecule has 0 bridgehead atoms. The zero-order valence-corrected chi connectivity index (χ0v) is 14.3. The Morgan fingerprint density at radius 3 is 2.17 bits per heavy atom. The highest BCUT2D eigenvalue weighted by Crippen LogP contribution is 2.24. The minimum absolute atomic E-state index is 0.187. The molecule has 23 heavy (non-hydrogen) atoms. The van der Waals surface area contributed by atoms with Crippen LogP contribution in [0, 0.1) is 6.92 Å². The van der Waals surface area contributed by atoms with Crippen molar-refractivity contribution < 1.29 is 17.9 Å². The maximum atomic E-state index is 12.4. The summed E-state index contributed by atoms with van der Waals surface area (Å²) in [5, 5.41) is 0. The maximum Gasteiger partial charge on any atom is 0.261 e. The summed E-state index contributed by atoms with van der Waals surface area (Å²) in [5.41, 5.74) is 1.37. The van der Waals surface area contributed by atoms with Crippen molar-refractivity contribution in [2.75, 3.05) is 17.9 Å². The second-order valence-corrected chi connectivity index (χ2v) is 6.61. The fourth-order valence-corrected chi connectivity index (χ4v) is 3.18. The summed E-state index contributed by atoms with van der Waals surface area (Å²) in [5.74, 6) is 1.39. The number of ether oxygens (including phenoxy) is 2. The lowest BCUT2D eigenvalue weighted by molar-refractivity contribution is 0.338. The van der Waals surface area contributed by atoms with Crippen LogP contribution in [0.15, 0.2) is 47.4 Å². The van der Waals surface area contributed by atoms with Crippen LogP contribution in [0.3, 0.4) is 0 Å². The first-order valence-electron chi connectivity index (χ1n) is 7.45. The normalized spacial score (nSPS) is 11.1. The molecule has 0 fully saturated rings. The third-order valence-electron chi connectivity index (χ3n) is 3.17. The zero-order chi connectivity index (χ0) is 16.9. The number of hydrogen-bond acceptors (Lipinski definition) is 4. The Morgan fingerprint density at radius 2 is 1.61 bits per heavy atom. The molecule has 2 aromatic rings. The van der Waals surface area contributed by atoms with Crippen molar-refractivity contribution in [2.45, 2.75) is 25.7 Å². The van der Waals surface area contributed by atoms with Crippen molar-refractivity contribution >= 4 is 15.7 Å². The molecule has 0 heterocycles. The third-order valence-corrected chi connectivity index (χ3v) is 4.57. The molecule has 2 aromatic carbocycles. The molecule has 124 valence electrons. The third kappa shape index (κ3) is 4.39. The van der Waals surface area contributed by atoms with E-state index in [-0.39, 0.29) is 4.90 Å². The van der Waals surface area contributed by atoms with Crippen LogP contribution in [0.2, 0.25) is 0 Å². The van der Waals surface area contributed by atoms with Gasteiger partial charge in [-0.2, -0.15) is 0 Å². The Labute approximate surface area is 137 Å². The number of benzene rings is 2. The fourth-order valence-electron chi connectivity index (χ4n) is 2.13. The topological polar surface area (TPSA) is 64.6 Å². The van der Waals surface area contributed by atoms with Crippen LogP contribution in [0.5, 0.6) is 11.5 Å². The first-order valence-corrected chi connectivity index (χ1v) is 8.93. The van der Waals surface area contributed by atoms with Crippen molar-refractivity contribution in [3.63, 3.8) is 0 Å². The predicted molar refractivity (Wildman–Crippen MR) is 90.8 cm³/mol. The second-order valence-electron chi connectivity index (χ2n) is 4.92. The molecule has 2 rings (SSSR count). The predicted octanol–water partition coefficient (Wildman–Crippen LogP) is 3.59. The average Bonchev–Trinajstić information content (AvgIpc) is 2.51. The number of hydrogen-bond donors (Lipinski definition) is 1. The van der Waals surface area contributed by atoms with Gasteiger partial charge in [0.1, 0.15) is 11.5 Å². The molecule has 6 heteroatoms. The number of rotatable bonds is 7. The zero-order valence-electron chi connectivity index (χ0n) is 13.5. The van der Waals surface area contributed by atoms with Crippen molar-refractivity contribution in [2.24, 2.45) is 0 Å². The van der Waals surface area contributed by atoms with E-state index in [1.54, 1.807) is 30.3 Å². The molecular formula is C17H21NO4S. The van der Waals surface area contributed by atoms with Crippen molar-refractivity contribution in [1.82, 2.24) is 0 Å². The molecule has 0 saturated carbocycles. The molecule has 0 aliphatic rings. The van der Waals surface area contributed by atoms with E-state index in [0.29, 0.717) is 24.7 Å². The van der Waals surface area contributed by atoms with Gasteiger partial charge in [0.15, 0.2) is 0 Å². The number of nitrogens with one attached hydrogen (secondary N) is 1. The molecule has 0 atom stereocenters. The van der Waals surface area contributed by atoms with Gasteiger partial charge >= 0.3 is 0 Å². The van der Waals surface area contributed by atoms with E-state index in [0.717, 1.165) is 11.3 Å². The minimum Gasteiger partial charge on any atom is -0.494 e. The van der Waals surface area contributed by atoms with Crippen molar-refractivity contribution in [1.29, 1.82) is 0 Å². The highest BCUT2D eigenvalue weighted by Gasteiger charge is 2.14. The van der Waals surface area contributed by atoms with Gasteiger partial charge in [-0.05, 0) is 68.8 Å². The molecule has 0 amide bonds. The summed E-state index contributed by atoms with van der Waals surface area (Å²) in [6.45, 7) is 6.76. The van der Waals surface area contributed by atoms with Gasteiger partial charge < -0.3 is 9.47 Å². The molecule has 0 aromatic heterocycles. The lowest BCUT2D eigenvalue weighted by atomic mass is 10.2.